The number of carboxylic acids is 1. The third-order valence-corrected chi connectivity index (χ3v) is 4.06. The number of hydrogen-bond acceptors (Lipinski definition) is 6. The summed E-state index contributed by atoms with van der Waals surface area (Å²) < 4.78 is 0. The van der Waals surface area contributed by atoms with Crippen LogP contribution >= 0.6 is 0 Å². The van der Waals surface area contributed by atoms with Crippen molar-refractivity contribution in [1.82, 2.24) is 4.90 Å². The third-order valence-electron chi connectivity index (χ3n) is 4.06. The summed E-state index contributed by atoms with van der Waals surface area (Å²) >= 11 is 0. The van der Waals surface area contributed by atoms with Crippen molar-refractivity contribution in [3.8, 4) is 6.07 Å². The van der Waals surface area contributed by atoms with Crippen LogP contribution in [0.2, 0.25) is 0 Å². The predicted octanol–water partition coefficient (Wildman–Crippen LogP) is 1.82. The van der Waals surface area contributed by atoms with Crippen LogP contribution in [-0.4, -0.2) is 46.1 Å². The van der Waals surface area contributed by atoms with E-state index in [1.807, 2.05) is 17.9 Å². The molecule has 0 spiro atoms. The molecule has 0 atom stereocenters. The van der Waals surface area contributed by atoms with Crippen molar-refractivity contribution in [3.05, 3.63) is 33.9 Å². The minimum Gasteiger partial charge on any atom is -0.480 e. The first-order chi connectivity index (χ1) is 10.9. The Balaban J connectivity index is 1.94. The summed E-state index contributed by atoms with van der Waals surface area (Å²) in [5, 5.41) is 31.9. The number of anilines is 1. The molecule has 0 saturated heterocycles. The Bertz CT molecular complexity index is 649. The zero-order valence-electron chi connectivity index (χ0n) is 12.7. The number of nitro benzene ring substituents is 1. The third kappa shape index (κ3) is 3.96. The standard InChI is InChI=1S/C15H18N4O4/c1-2-18(9-15(20)21)13-6-12(7-13)17-11-3-4-14(19(22)23)10(5-11)8-16/h3-5,12-13,17H,2,6-7,9H2,1H3,(H,20,21). The lowest BCUT2D eigenvalue weighted by Crippen LogP contribution is -2.51. The van der Waals surface area contributed by atoms with Crippen LogP contribution in [0.4, 0.5) is 11.4 Å². The summed E-state index contributed by atoms with van der Waals surface area (Å²) in [6.07, 6.45) is 1.61. The lowest BCUT2D eigenvalue weighted by molar-refractivity contribution is -0.385. The zero-order valence-corrected chi connectivity index (χ0v) is 12.7. The molecule has 8 nitrogen and oxygen atoms in total. The number of benzene rings is 1. The number of hydrogen-bond donors (Lipinski definition) is 2. The second-order valence-electron chi connectivity index (χ2n) is 5.52. The zero-order chi connectivity index (χ0) is 17.0. The van der Waals surface area contributed by atoms with Crippen molar-refractivity contribution in [1.29, 1.82) is 5.26 Å². The van der Waals surface area contributed by atoms with Gasteiger partial charge in [-0.15, -0.1) is 0 Å². The van der Waals surface area contributed by atoms with Crippen molar-refractivity contribution in [2.75, 3.05) is 18.4 Å². The smallest absolute Gasteiger partial charge is 0.317 e. The average Bonchev–Trinajstić information content (AvgIpc) is 2.47. The normalized spacial score (nSPS) is 19.7. The number of nitrogens with zero attached hydrogens (tertiary/aromatic N) is 3. The van der Waals surface area contributed by atoms with Crippen molar-refractivity contribution < 1.29 is 14.8 Å². The fourth-order valence-corrected chi connectivity index (χ4v) is 2.79. The first-order valence-corrected chi connectivity index (χ1v) is 7.35. The van der Waals surface area contributed by atoms with Gasteiger partial charge in [-0.25, -0.2) is 0 Å². The fourth-order valence-electron chi connectivity index (χ4n) is 2.79. The van der Waals surface area contributed by atoms with Crippen LogP contribution in [0.25, 0.3) is 0 Å². The van der Waals surface area contributed by atoms with E-state index < -0.39 is 10.9 Å². The van der Waals surface area contributed by atoms with Gasteiger partial charge in [0.15, 0.2) is 0 Å². The number of aliphatic carboxylic acids is 1. The summed E-state index contributed by atoms with van der Waals surface area (Å²) in [4.78, 5) is 22.9. The highest BCUT2D eigenvalue weighted by molar-refractivity contribution is 5.69. The summed E-state index contributed by atoms with van der Waals surface area (Å²) in [6.45, 7) is 2.64. The van der Waals surface area contributed by atoms with Crippen LogP contribution in [0.3, 0.4) is 0 Å². The number of nitro groups is 1. The van der Waals surface area contributed by atoms with Crippen LogP contribution in [0.15, 0.2) is 18.2 Å². The van der Waals surface area contributed by atoms with Gasteiger partial charge in [0.05, 0.1) is 11.5 Å². The van der Waals surface area contributed by atoms with E-state index >= 15 is 0 Å². The Kier molecular flexibility index (Phi) is 5.13. The summed E-state index contributed by atoms with van der Waals surface area (Å²) in [7, 11) is 0. The minimum atomic E-state index is -0.836. The van der Waals surface area contributed by atoms with Crippen LogP contribution in [0.5, 0.6) is 0 Å². The summed E-state index contributed by atoms with van der Waals surface area (Å²) in [5.74, 6) is -0.836. The molecule has 0 amide bonds. The molecule has 8 heteroatoms. The molecular weight excluding hydrogens is 300 g/mol. The number of carboxylic acid groups (broad SMARTS) is 1. The van der Waals surface area contributed by atoms with Gasteiger partial charge in [0.2, 0.25) is 0 Å². The van der Waals surface area contributed by atoms with E-state index in [4.69, 9.17) is 10.4 Å². The van der Waals surface area contributed by atoms with E-state index in [1.165, 1.54) is 12.1 Å². The predicted molar refractivity (Wildman–Crippen MR) is 83.1 cm³/mol. The Labute approximate surface area is 133 Å². The Morgan fingerprint density at radius 1 is 1.57 bits per heavy atom. The van der Waals surface area contributed by atoms with E-state index in [9.17, 15) is 14.9 Å². The van der Waals surface area contributed by atoms with Gasteiger partial charge in [0, 0.05) is 23.8 Å². The first-order valence-electron chi connectivity index (χ1n) is 7.35. The van der Waals surface area contributed by atoms with Crippen molar-refractivity contribution in [2.45, 2.75) is 31.8 Å². The van der Waals surface area contributed by atoms with Gasteiger partial charge in [0.25, 0.3) is 5.69 Å². The molecule has 122 valence electrons. The largest absolute Gasteiger partial charge is 0.480 e. The molecule has 1 aromatic rings. The lowest BCUT2D eigenvalue weighted by atomic mass is 9.85. The maximum absolute atomic E-state index is 10.8. The van der Waals surface area contributed by atoms with Crippen LogP contribution in [0.1, 0.15) is 25.3 Å². The monoisotopic (exact) mass is 318 g/mol. The first kappa shape index (κ1) is 16.7. The number of nitriles is 1. The molecule has 0 radical (unpaired) electrons. The summed E-state index contributed by atoms with van der Waals surface area (Å²) in [6, 6.07) is 6.61. The van der Waals surface area contributed by atoms with Crippen LogP contribution in [-0.2, 0) is 4.79 Å². The molecule has 0 aromatic heterocycles. The quantitative estimate of drug-likeness (QED) is 0.581. The van der Waals surface area contributed by atoms with Gasteiger partial charge in [-0.05, 0) is 31.5 Å². The van der Waals surface area contributed by atoms with E-state index in [2.05, 4.69) is 5.32 Å². The van der Waals surface area contributed by atoms with Crippen molar-refractivity contribution in [2.24, 2.45) is 0 Å². The van der Waals surface area contributed by atoms with Crippen LogP contribution < -0.4 is 5.32 Å². The number of carbonyl (C=O) groups is 1. The maximum atomic E-state index is 10.8. The van der Waals surface area contributed by atoms with E-state index in [0.29, 0.717) is 12.2 Å². The molecule has 1 aromatic carbocycles. The van der Waals surface area contributed by atoms with Gasteiger partial charge in [-0.2, -0.15) is 5.26 Å². The molecule has 0 bridgehead atoms. The second-order valence-corrected chi connectivity index (χ2v) is 5.52. The molecule has 2 rings (SSSR count). The summed E-state index contributed by atoms with van der Waals surface area (Å²) in [5.41, 5.74) is 0.483. The molecule has 1 aliphatic carbocycles. The topological polar surface area (TPSA) is 120 Å². The number of likely N-dealkylation sites (N-methyl/N-ethyl adjacent to an activating group) is 1. The van der Waals surface area contributed by atoms with Gasteiger partial charge in [0.1, 0.15) is 11.6 Å². The highest BCUT2D eigenvalue weighted by Gasteiger charge is 2.33. The highest BCUT2D eigenvalue weighted by Crippen LogP contribution is 2.30. The molecular formula is C15H18N4O4. The number of rotatable bonds is 7. The number of nitrogens with one attached hydrogen (secondary N) is 1. The van der Waals surface area contributed by atoms with Gasteiger partial charge >= 0.3 is 5.97 Å². The van der Waals surface area contributed by atoms with Crippen molar-refractivity contribution in [3.63, 3.8) is 0 Å². The maximum Gasteiger partial charge on any atom is 0.317 e. The second kappa shape index (κ2) is 7.07. The Hall–Kier alpha value is -2.66. The van der Waals surface area contributed by atoms with E-state index in [-0.39, 0.29) is 29.9 Å². The van der Waals surface area contributed by atoms with E-state index in [0.717, 1.165) is 12.8 Å². The Morgan fingerprint density at radius 2 is 2.26 bits per heavy atom. The van der Waals surface area contributed by atoms with Crippen molar-refractivity contribution >= 4 is 17.3 Å². The molecule has 23 heavy (non-hydrogen) atoms. The molecule has 2 N–H and O–H groups in total. The minimum absolute atomic E-state index is 0.0249. The average molecular weight is 318 g/mol. The molecule has 1 saturated carbocycles. The fraction of sp³-hybridized carbons (Fsp3) is 0.467. The molecule has 1 aliphatic rings. The Morgan fingerprint density at radius 3 is 2.78 bits per heavy atom. The van der Waals surface area contributed by atoms with Gasteiger partial charge in [-0.3, -0.25) is 19.8 Å². The van der Waals surface area contributed by atoms with E-state index in [1.54, 1.807) is 6.07 Å². The molecule has 0 aliphatic heterocycles. The highest BCUT2D eigenvalue weighted by atomic mass is 16.6. The van der Waals surface area contributed by atoms with Crippen LogP contribution in [0, 0.1) is 21.4 Å². The van der Waals surface area contributed by atoms with Gasteiger partial charge < -0.3 is 10.4 Å². The SMILES string of the molecule is CCN(CC(=O)O)C1CC(Nc2ccc([N+](=O)[O-])c(C#N)c2)C1. The molecule has 0 heterocycles. The van der Waals surface area contributed by atoms with Gasteiger partial charge in [-0.1, -0.05) is 6.92 Å². The molecule has 0 unspecified atom stereocenters. The molecule has 1 fully saturated rings. The lowest BCUT2D eigenvalue weighted by Gasteiger charge is -2.42.